The van der Waals surface area contributed by atoms with Crippen molar-refractivity contribution in [2.45, 2.75) is 17.9 Å². The van der Waals surface area contributed by atoms with Crippen LogP contribution in [0.5, 0.6) is 0 Å². The number of amides is 2. The van der Waals surface area contributed by atoms with Crippen LogP contribution < -0.4 is 15.5 Å². The van der Waals surface area contributed by atoms with Gasteiger partial charge in [0.1, 0.15) is 0 Å². The predicted molar refractivity (Wildman–Crippen MR) is 108 cm³/mol. The smallest absolute Gasteiger partial charge is 0.412 e. The number of carboxylic acid groups (broad SMARTS) is 2. The molecule has 0 unspecified atom stereocenters. The van der Waals surface area contributed by atoms with Crippen LogP contribution in [0.3, 0.4) is 0 Å². The van der Waals surface area contributed by atoms with Gasteiger partial charge in [-0.3, -0.25) is 9.80 Å². The lowest BCUT2D eigenvalue weighted by atomic mass is 10.0. The van der Waals surface area contributed by atoms with E-state index in [4.69, 9.17) is 5.73 Å². The molecule has 2 aromatic carbocycles. The summed E-state index contributed by atoms with van der Waals surface area (Å²) < 4.78 is 24.2. The molecule has 0 aromatic heterocycles. The van der Waals surface area contributed by atoms with Crippen molar-refractivity contribution in [2.75, 3.05) is 28.6 Å². The second kappa shape index (κ2) is 7.72. The molecule has 0 aliphatic carbocycles. The van der Waals surface area contributed by atoms with Crippen LogP contribution in [-0.4, -0.2) is 55.7 Å². The number of rotatable bonds is 4. The molecule has 0 saturated heterocycles. The van der Waals surface area contributed by atoms with E-state index in [-0.39, 0.29) is 35.1 Å². The molecule has 0 spiro atoms. The number of sulfone groups is 1. The fourth-order valence-corrected chi connectivity index (χ4v) is 4.50. The molecule has 2 amide bonds. The normalized spacial score (nSPS) is 16.4. The van der Waals surface area contributed by atoms with Crippen LogP contribution in [0.25, 0.3) is 11.1 Å². The molecule has 1 aliphatic heterocycles. The monoisotopic (exact) mass is 419 g/mol. The standard InChI is InChI=1S/C19H21N3O6S/c1-12-11-21(18(23)24)17-10-14(4-7-16(17)22(12)19(25)26)13-2-5-15(6-3-13)29(27,28)9-8-20/h2-7,10,12H,8-9,11,20H2,1H3,(H,23,24)(H,25,26)/t12-/m0/s1. The topological polar surface area (TPSA) is 141 Å². The number of hydrogen-bond donors (Lipinski definition) is 3. The molecule has 2 aromatic rings. The predicted octanol–water partition coefficient (Wildman–Crippen LogP) is 2.46. The molecule has 1 atom stereocenters. The van der Waals surface area contributed by atoms with Crippen LogP contribution in [0.4, 0.5) is 21.0 Å². The Balaban J connectivity index is 2.04. The molecular formula is C19H21N3O6S. The van der Waals surface area contributed by atoms with Gasteiger partial charge in [-0.15, -0.1) is 0 Å². The van der Waals surface area contributed by atoms with Crippen LogP contribution in [0.1, 0.15) is 6.92 Å². The van der Waals surface area contributed by atoms with Crippen molar-refractivity contribution in [3.05, 3.63) is 42.5 Å². The van der Waals surface area contributed by atoms with E-state index in [1.54, 1.807) is 37.3 Å². The van der Waals surface area contributed by atoms with E-state index in [0.29, 0.717) is 11.1 Å². The first kappa shape index (κ1) is 20.6. The number of benzene rings is 2. The fourth-order valence-electron chi connectivity index (χ4n) is 3.40. The van der Waals surface area contributed by atoms with Gasteiger partial charge in [0, 0.05) is 6.54 Å². The molecule has 0 bridgehead atoms. The Morgan fingerprint density at radius 1 is 1.03 bits per heavy atom. The quantitative estimate of drug-likeness (QED) is 0.691. The Labute approximate surface area is 167 Å². The molecule has 4 N–H and O–H groups in total. The molecule has 0 radical (unpaired) electrons. The summed E-state index contributed by atoms with van der Waals surface area (Å²) in [5.41, 5.74) is 7.19. The number of fused-ring (bicyclic) bond motifs is 1. The zero-order chi connectivity index (χ0) is 21.3. The molecule has 0 saturated carbocycles. The van der Waals surface area contributed by atoms with Crippen molar-refractivity contribution in [3.8, 4) is 11.1 Å². The van der Waals surface area contributed by atoms with E-state index < -0.39 is 28.1 Å². The van der Waals surface area contributed by atoms with Crippen molar-refractivity contribution < 1.29 is 28.2 Å². The molecule has 10 heteroatoms. The summed E-state index contributed by atoms with van der Waals surface area (Å²) >= 11 is 0. The number of anilines is 2. The van der Waals surface area contributed by atoms with Gasteiger partial charge in [0.25, 0.3) is 0 Å². The lowest BCUT2D eigenvalue weighted by Crippen LogP contribution is -2.51. The van der Waals surface area contributed by atoms with Crippen molar-refractivity contribution in [2.24, 2.45) is 5.73 Å². The van der Waals surface area contributed by atoms with Crippen LogP contribution in [0, 0.1) is 0 Å². The Morgan fingerprint density at radius 3 is 2.21 bits per heavy atom. The van der Waals surface area contributed by atoms with Gasteiger partial charge in [-0.25, -0.2) is 18.0 Å². The van der Waals surface area contributed by atoms with Gasteiger partial charge in [-0.1, -0.05) is 18.2 Å². The number of hydrogen-bond acceptors (Lipinski definition) is 5. The first-order valence-electron chi connectivity index (χ1n) is 8.85. The Kier molecular flexibility index (Phi) is 5.49. The third-order valence-electron chi connectivity index (χ3n) is 4.78. The maximum Gasteiger partial charge on any atom is 0.412 e. The minimum Gasteiger partial charge on any atom is -0.465 e. The fraction of sp³-hybridized carbons (Fsp3) is 0.263. The highest BCUT2D eigenvalue weighted by atomic mass is 32.2. The average molecular weight is 419 g/mol. The highest BCUT2D eigenvalue weighted by Crippen LogP contribution is 2.39. The molecule has 3 rings (SSSR count). The molecule has 29 heavy (non-hydrogen) atoms. The maximum absolute atomic E-state index is 12.1. The van der Waals surface area contributed by atoms with Crippen molar-refractivity contribution in [1.82, 2.24) is 0 Å². The second-order valence-corrected chi connectivity index (χ2v) is 8.84. The van der Waals surface area contributed by atoms with Crippen LogP contribution >= 0.6 is 0 Å². The first-order valence-corrected chi connectivity index (χ1v) is 10.5. The summed E-state index contributed by atoms with van der Waals surface area (Å²) in [5.74, 6) is -0.151. The van der Waals surface area contributed by atoms with E-state index >= 15 is 0 Å². The second-order valence-electron chi connectivity index (χ2n) is 6.73. The SMILES string of the molecule is C[C@H]1CN(C(=O)O)c2cc(-c3ccc(S(=O)(=O)CCN)cc3)ccc2N1C(=O)O. The lowest BCUT2D eigenvalue weighted by molar-refractivity contribution is 0.194. The Hall–Kier alpha value is -3.11. The van der Waals surface area contributed by atoms with Crippen molar-refractivity contribution >= 4 is 33.4 Å². The number of nitrogens with zero attached hydrogens (tertiary/aromatic N) is 2. The van der Waals surface area contributed by atoms with Gasteiger partial charge in [0.15, 0.2) is 9.84 Å². The van der Waals surface area contributed by atoms with E-state index in [1.165, 1.54) is 12.1 Å². The summed E-state index contributed by atoms with van der Waals surface area (Å²) in [6.07, 6.45) is -2.34. The highest BCUT2D eigenvalue weighted by molar-refractivity contribution is 7.91. The molecular weight excluding hydrogens is 398 g/mol. The molecule has 154 valence electrons. The van der Waals surface area contributed by atoms with Crippen molar-refractivity contribution in [1.29, 1.82) is 0 Å². The summed E-state index contributed by atoms with van der Waals surface area (Å²) in [4.78, 5) is 25.7. The van der Waals surface area contributed by atoms with E-state index in [0.717, 1.165) is 9.80 Å². The zero-order valence-electron chi connectivity index (χ0n) is 15.6. The summed E-state index contributed by atoms with van der Waals surface area (Å²) in [5, 5.41) is 19.1. The van der Waals surface area contributed by atoms with Crippen LogP contribution in [0.2, 0.25) is 0 Å². The van der Waals surface area contributed by atoms with Crippen molar-refractivity contribution in [3.63, 3.8) is 0 Å². The minimum absolute atomic E-state index is 0.00829. The van der Waals surface area contributed by atoms with E-state index in [9.17, 15) is 28.2 Å². The van der Waals surface area contributed by atoms with Gasteiger partial charge in [-0.2, -0.15) is 0 Å². The first-order chi connectivity index (χ1) is 13.7. The minimum atomic E-state index is -3.45. The lowest BCUT2D eigenvalue weighted by Gasteiger charge is -2.38. The highest BCUT2D eigenvalue weighted by Gasteiger charge is 2.35. The van der Waals surface area contributed by atoms with E-state index in [2.05, 4.69) is 0 Å². The third kappa shape index (κ3) is 3.89. The third-order valence-corrected chi connectivity index (χ3v) is 6.55. The summed E-state index contributed by atoms with van der Waals surface area (Å²) in [6, 6.07) is 10.5. The number of carbonyl (C=O) groups is 2. The van der Waals surface area contributed by atoms with Crippen LogP contribution in [0.15, 0.2) is 47.4 Å². The Morgan fingerprint density at radius 2 is 1.66 bits per heavy atom. The van der Waals surface area contributed by atoms with E-state index in [1.807, 2.05) is 0 Å². The zero-order valence-corrected chi connectivity index (χ0v) is 16.5. The van der Waals surface area contributed by atoms with Gasteiger partial charge < -0.3 is 15.9 Å². The summed E-state index contributed by atoms with van der Waals surface area (Å²) in [7, 11) is -3.45. The Bertz CT molecular complexity index is 1050. The largest absolute Gasteiger partial charge is 0.465 e. The molecule has 0 fully saturated rings. The number of nitrogens with two attached hydrogens (primary N) is 1. The molecule has 9 nitrogen and oxygen atoms in total. The average Bonchev–Trinajstić information content (AvgIpc) is 2.66. The molecule has 1 heterocycles. The van der Waals surface area contributed by atoms with Crippen LogP contribution in [-0.2, 0) is 9.84 Å². The maximum atomic E-state index is 12.1. The van der Waals surface area contributed by atoms with Gasteiger partial charge >= 0.3 is 12.2 Å². The van der Waals surface area contributed by atoms with Gasteiger partial charge in [-0.05, 0) is 42.3 Å². The van der Waals surface area contributed by atoms with Gasteiger partial charge in [0.05, 0.1) is 34.6 Å². The van der Waals surface area contributed by atoms with Gasteiger partial charge in [0.2, 0.25) is 0 Å². The molecule has 1 aliphatic rings. The summed E-state index contributed by atoms with van der Waals surface area (Å²) in [6.45, 7) is 1.67.